The Balaban J connectivity index is 2.06. The minimum atomic E-state index is 0.160. The molecule has 1 aromatic rings. The highest BCUT2D eigenvalue weighted by Crippen LogP contribution is 2.31. The normalized spacial score (nSPS) is 18.4. The van der Waals surface area contributed by atoms with Gasteiger partial charge in [0.2, 0.25) is 0 Å². The third kappa shape index (κ3) is 4.41. The summed E-state index contributed by atoms with van der Waals surface area (Å²) in [5.41, 5.74) is 7.05. The van der Waals surface area contributed by atoms with Gasteiger partial charge in [0.15, 0.2) is 11.5 Å². The van der Waals surface area contributed by atoms with Gasteiger partial charge in [-0.15, -0.1) is 0 Å². The summed E-state index contributed by atoms with van der Waals surface area (Å²) in [5, 5.41) is 0. The Morgan fingerprint density at radius 3 is 2.45 bits per heavy atom. The van der Waals surface area contributed by atoms with Gasteiger partial charge in [-0.25, -0.2) is 0 Å². The Hall–Kier alpha value is -1.22. The molecule has 2 N–H and O–H groups in total. The molecule has 0 aromatic heterocycles. The molecule has 0 amide bonds. The van der Waals surface area contributed by atoms with Gasteiger partial charge >= 0.3 is 0 Å². The first-order chi connectivity index (χ1) is 9.69. The molecule has 3 nitrogen and oxygen atoms in total. The fourth-order valence-corrected chi connectivity index (χ4v) is 2.85. The molecule has 1 aliphatic carbocycles. The largest absolute Gasteiger partial charge is 0.493 e. The molecule has 1 atom stereocenters. The van der Waals surface area contributed by atoms with Crippen LogP contribution >= 0.6 is 0 Å². The molecule has 0 saturated heterocycles. The first kappa shape index (κ1) is 15.2. The lowest BCUT2D eigenvalue weighted by molar-refractivity contribution is 0.176. The van der Waals surface area contributed by atoms with Gasteiger partial charge in [0.1, 0.15) is 0 Å². The van der Waals surface area contributed by atoms with Crippen molar-refractivity contribution in [2.75, 3.05) is 7.11 Å². The number of nitrogens with two attached hydrogens (primary N) is 1. The Morgan fingerprint density at radius 2 is 1.85 bits per heavy atom. The molecule has 1 unspecified atom stereocenters. The van der Waals surface area contributed by atoms with Gasteiger partial charge in [0.05, 0.1) is 13.2 Å². The van der Waals surface area contributed by atoms with Crippen LogP contribution in [0.15, 0.2) is 18.2 Å². The van der Waals surface area contributed by atoms with E-state index in [0.29, 0.717) is 6.10 Å². The minimum absolute atomic E-state index is 0.160. The average Bonchev–Trinajstić information content (AvgIpc) is 2.68. The molecule has 1 fully saturated rings. The zero-order valence-corrected chi connectivity index (χ0v) is 12.7. The molecule has 2 rings (SSSR count). The Morgan fingerprint density at radius 1 is 1.15 bits per heavy atom. The highest BCUT2D eigenvalue weighted by atomic mass is 16.5. The van der Waals surface area contributed by atoms with E-state index in [4.69, 9.17) is 15.2 Å². The van der Waals surface area contributed by atoms with Crippen LogP contribution in [-0.2, 0) is 6.42 Å². The molecule has 1 saturated carbocycles. The maximum Gasteiger partial charge on any atom is 0.161 e. The third-order valence-electron chi connectivity index (χ3n) is 3.88. The minimum Gasteiger partial charge on any atom is -0.493 e. The van der Waals surface area contributed by atoms with E-state index in [0.717, 1.165) is 30.8 Å². The van der Waals surface area contributed by atoms with Crippen molar-refractivity contribution in [3.8, 4) is 11.5 Å². The van der Waals surface area contributed by atoms with E-state index in [1.165, 1.54) is 31.2 Å². The van der Waals surface area contributed by atoms with E-state index < -0.39 is 0 Å². The quantitative estimate of drug-likeness (QED) is 0.835. The Labute approximate surface area is 122 Å². The van der Waals surface area contributed by atoms with E-state index in [1.807, 2.05) is 13.0 Å². The number of ether oxygens (including phenoxy) is 2. The van der Waals surface area contributed by atoms with Crippen LogP contribution in [0, 0.1) is 0 Å². The fourth-order valence-electron chi connectivity index (χ4n) is 2.85. The van der Waals surface area contributed by atoms with Crippen molar-refractivity contribution in [2.24, 2.45) is 5.73 Å². The van der Waals surface area contributed by atoms with Gasteiger partial charge in [-0.2, -0.15) is 0 Å². The summed E-state index contributed by atoms with van der Waals surface area (Å²) in [6.45, 7) is 2.02. The predicted molar refractivity (Wildman–Crippen MR) is 82.5 cm³/mol. The number of hydrogen-bond acceptors (Lipinski definition) is 3. The van der Waals surface area contributed by atoms with Crippen LogP contribution < -0.4 is 15.2 Å². The zero-order valence-electron chi connectivity index (χ0n) is 12.7. The lowest BCUT2D eigenvalue weighted by Gasteiger charge is -2.19. The van der Waals surface area contributed by atoms with Crippen LogP contribution in [0.3, 0.4) is 0 Å². The van der Waals surface area contributed by atoms with Crippen molar-refractivity contribution in [2.45, 2.75) is 64.0 Å². The van der Waals surface area contributed by atoms with Crippen LogP contribution in [0.5, 0.6) is 11.5 Å². The summed E-state index contributed by atoms with van der Waals surface area (Å²) in [6.07, 6.45) is 8.74. The van der Waals surface area contributed by atoms with Gasteiger partial charge in [-0.1, -0.05) is 18.9 Å². The predicted octanol–water partition coefficient (Wildman–Crippen LogP) is 3.69. The highest BCUT2D eigenvalue weighted by Gasteiger charge is 2.16. The number of rotatable bonds is 5. The molecule has 112 valence electrons. The SMILES string of the molecule is COc1cc(CC(C)N)ccc1OC1CCCCCC1. The maximum absolute atomic E-state index is 6.16. The molecule has 0 radical (unpaired) electrons. The van der Waals surface area contributed by atoms with Crippen molar-refractivity contribution in [1.29, 1.82) is 0 Å². The van der Waals surface area contributed by atoms with Crippen LogP contribution in [-0.4, -0.2) is 19.3 Å². The van der Waals surface area contributed by atoms with Gasteiger partial charge in [0, 0.05) is 6.04 Å². The molecule has 0 spiro atoms. The van der Waals surface area contributed by atoms with E-state index in [1.54, 1.807) is 7.11 Å². The van der Waals surface area contributed by atoms with Crippen LogP contribution in [0.25, 0.3) is 0 Å². The maximum atomic E-state index is 6.16. The highest BCUT2D eigenvalue weighted by molar-refractivity contribution is 5.43. The van der Waals surface area contributed by atoms with Crippen LogP contribution in [0.2, 0.25) is 0 Å². The first-order valence-electron chi connectivity index (χ1n) is 7.78. The van der Waals surface area contributed by atoms with Crippen LogP contribution in [0.4, 0.5) is 0 Å². The van der Waals surface area contributed by atoms with E-state index in [-0.39, 0.29) is 6.04 Å². The molecule has 0 bridgehead atoms. The van der Waals surface area contributed by atoms with Gasteiger partial charge in [0.25, 0.3) is 0 Å². The van der Waals surface area contributed by atoms with E-state index in [2.05, 4.69) is 12.1 Å². The summed E-state index contributed by atoms with van der Waals surface area (Å²) in [6, 6.07) is 6.34. The summed E-state index contributed by atoms with van der Waals surface area (Å²) in [5.74, 6) is 1.69. The summed E-state index contributed by atoms with van der Waals surface area (Å²) >= 11 is 0. The lowest BCUT2D eigenvalue weighted by Crippen LogP contribution is -2.18. The molecule has 0 aliphatic heterocycles. The second-order valence-electron chi connectivity index (χ2n) is 5.90. The summed E-state index contributed by atoms with van der Waals surface area (Å²) in [7, 11) is 1.70. The molecule has 20 heavy (non-hydrogen) atoms. The van der Waals surface area contributed by atoms with E-state index in [9.17, 15) is 0 Å². The smallest absolute Gasteiger partial charge is 0.161 e. The number of benzene rings is 1. The van der Waals surface area contributed by atoms with Crippen molar-refractivity contribution in [3.05, 3.63) is 23.8 Å². The molecule has 1 aliphatic rings. The average molecular weight is 277 g/mol. The lowest BCUT2D eigenvalue weighted by atomic mass is 10.1. The Bertz CT molecular complexity index is 409. The summed E-state index contributed by atoms with van der Waals surface area (Å²) < 4.78 is 11.6. The van der Waals surface area contributed by atoms with Gasteiger partial charge < -0.3 is 15.2 Å². The van der Waals surface area contributed by atoms with Crippen LogP contribution in [0.1, 0.15) is 51.0 Å². The molecule has 1 aromatic carbocycles. The molecular weight excluding hydrogens is 250 g/mol. The monoisotopic (exact) mass is 277 g/mol. The summed E-state index contributed by atoms with van der Waals surface area (Å²) in [4.78, 5) is 0. The standard InChI is InChI=1S/C17H27NO2/c1-13(18)11-14-9-10-16(17(12-14)19-2)20-15-7-5-3-4-6-8-15/h9-10,12-13,15H,3-8,11,18H2,1-2H3. The third-order valence-corrected chi connectivity index (χ3v) is 3.88. The second-order valence-corrected chi connectivity index (χ2v) is 5.90. The number of methoxy groups -OCH3 is 1. The van der Waals surface area contributed by atoms with Gasteiger partial charge in [-0.3, -0.25) is 0 Å². The molecular formula is C17H27NO2. The van der Waals surface area contributed by atoms with Gasteiger partial charge in [-0.05, 0) is 56.7 Å². The zero-order chi connectivity index (χ0) is 14.4. The molecule has 3 heteroatoms. The Kier molecular flexibility index (Phi) is 5.72. The first-order valence-corrected chi connectivity index (χ1v) is 7.78. The fraction of sp³-hybridized carbons (Fsp3) is 0.647. The van der Waals surface area contributed by atoms with Crippen molar-refractivity contribution in [3.63, 3.8) is 0 Å². The van der Waals surface area contributed by atoms with Crippen molar-refractivity contribution in [1.82, 2.24) is 0 Å². The topological polar surface area (TPSA) is 44.5 Å². The second kappa shape index (κ2) is 7.53. The van der Waals surface area contributed by atoms with E-state index >= 15 is 0 Å². The van der Waals surface area contributed by atoms with Crippen molar-refractivity contribution >= 4 is 0 Å². The number of hydrogen-bond donors (Lipinski definition) is 1. The van der Waals surface area contributed by atoms with Crippen molar-refractivity contribution < 1.29 is 9.47 Å². The molecule has 0 heterocycles.